The molecule has 0 saturated heterocycles. The molecule has 4 atom stereocenters. The van der Waals surface area contributed by atoms with Crippen LogP contribution in [0.3, 0.4) is 0 Å². The summed E-state index contributed by atoms with van der Waals surface area (Å²) in [7, 11) is 0. The first kappa shape index (κ1) is 21.5. The van der Waals surface area contributed by atoms with E-state index >= 15 is 0 Å². The number of aryl methyl sites for hydroxylation is 1. The van der Waals surface area contributed by atoms with Crippen LogP contribution in [0.4, 0.5) is 0 Å². The van der Waals surface area contributed by atoms with Crippen LogP contribution >= 0.6 is 22.9 Å². The van der Waals surface area contributed by atoms with Crippen LogP contribution in [0.2, 0.25) is 0 Å². The third kappa shape index (κ3) is 6.40. The fraction of sp³-hybridized carbons (Fsp3) is 0.667. The van der Waals surface area contributed by atoms with E-state index in [9.17, 15) is 9.90 Å². The molecule has 0 aliphatic heterocycles. The Hall–Kier alpha value is -0.840. The average molecular weight is 399 g/mol. The maximum Gasteiger partial charge on any atom is 0.345 e. The lowest BCUT2D eigenvalue weighted by Crippen LogP contribution is -2.20. The second-order valence-corrected chi connectivity index (χ2v) is 9.03. The lowest BCUT2D eigenvalue weighted by Gasteiger charge is -2.23. The summed E-state index contributed by atoms with van der Waals surface area (Å²) in [6, 6.07) is 3.59. The summed E-state index contributed by atoms with van der Waals surface area (Å²) in [5.74, 6) is -0.214. The summed E-state index contributed by atoms with van der Waals surface area (Å²) in [6.07, 6.45) is 13.4. The SMILES string of the molecule is CCCC/C=C/CC[C@@H]1[C@@H](CCCc2ccc(C(=O)O)s2)[C@@H](Cl)C[C@H]1O. The number of alkyl halides is 1. The third-order valence-electron chi connectivity index (χ3n) is 5.37. The van der Waals surface area contributed by atoms with Crippen molar-refractivity contribution in [3.63, 3.8) is 0 Å². The van der Waals surface area contributed by atoms with Crippen LogP contribution in [0.1, 0.15) is 72.8 Å². The topological polar surface area (TPSA) is 57.5 Å². The maximum absolute atomic E-state index is 11.0. The van der Waals surface area contributed by atoms with Crippen LogP contribution in [0.5, 0.6) is 0 Å². The van der Waals surface area contributed by atoms with E-state index in [0.29, 0.717) is 17.2 Å². The molecular weight excluding hydrogens is 368 g/mol. The van der Waals surface area contributed by atoms with Gasteiger partial charge in [-0.3, -0.25) is 0 Å². The van der Waals surface area contributed by atoms with Crippen molar-refractivity contribution in [3.05, 3.63) is 34.0 Å². The quantitative estimate of drug-likeness (QED) is 0.277. The van der Waals surface area contributed by atoms with Crippen molar-refractivity contribution in [1.82, 2.24) is 0 Å². The minimum atomic E-state index is -0.854. The van der Waals surface area contributed by atoms with Gasteiger partial charge in [0.05, 0.1) is 6.10 Å². The molecule has 3 nitrogen and oxygen atoms in total. The number of thiophene rings is 1. The summed E-state index contributed by atoms with van der Waals surface area (Å²) in [6.45, 7) is 2.20. The van der Waals surface area contributed by atoms with Crippen molar-refractivity contribution < 1.29 is 15.0 Å². The Labute approximate surface area is 166 Å². The summed E-state index contributed by atoms with van der Waals surface area (Å²) in [4.78, 5) is 12.5. The van der Waals surface area contributed by atoms with E-state index in [2.05, 4.69) is 19.1 Å². The molecule has 0 unspecified atom stereocenters. The molecule has 0 spiro atoms. The van der Waals surface area contributed by atoms with Crippen LogP contribution < -0.4 is 0 Å². The van der Waals surface area contributed by atoms with E-state index in [1.165, 1.54) is 24.2 Å². The van der Waals surface area contributed by atoms with Gasteiger partial charge in [-0.05, 0) is 68.9 Å². The number of carboxylic acids is 1. The molecule has 146 valence electrons. The van der Waals surface area contributed by atoms with Crippen molar-refractivity contribution >= 4 is 28.9 Å². The normalized spacial score (nSPS) is 26.0. The second-order valence-electron chi connectivity index (χ2n) is 7.30. The Morgan fingerprint density at radius 3 is 2.69 bits per heavy atom. The zero-order valence-corrected chi connectivity index (χ0v) is 17.1. The lowest BCUT2D eigenvalue weighted by atomic mass is 9.86. The number of aromatic carboxylic acids is 1. The molecule has 1 fully saturated rings. The number of aliphatic hydroxyl groups excluding tert-OH is 1. The highest BCUT2D eigenvalue weighted by atomic mass is 35.5. The van der Waals surface area contributed by atoms with Crippen molar-refractivity contribution in [2.45, 2.75) is 76.2 Å². The highest BCUT2D eigenvalue weighted by molar-refractivity contribution is 7.13. The molecule has 0 amide bonds. The number of carboxylic acid groups (broad SMARTS) is 1. The Morgan fingerprint density at radius 1 is 1.23 bits per heavy atom. The summed E-state index contributed by atoms with van der Waals surface area (Å²) < 4.78 is 0. The van der Waals surface area contributed by atoms with Crippen LogP contribution in [0.15, 0.2) is 24.3 Å². The van der Waals surface area contributed by atoms with E-state index < -0.39 is 5.97 Å². The van der Waals surface area contributed by atoms with E-state index in [1.54, 1.807) is 6.07 Å². The summed E-state index contributed by atoms with van der Waals surface area (Å²) in [5.41, 5.74) is 0. The van der Waals surface area contributed by atoms with Gasteiger partial charge in [0.1, 0.15) is 4.88 Å². The molecule has 1 aromatic heterocycles. The average Bonchev–Trinajstić information content (AvgIpc) is 3.17. The Balaban J connectivity index is 1.78. The Morgan fingerprint density at radius 2 is 2.00 bits per heavy atom. The van der Waals surface area contributed by atoms with E-state index in [0.717, 1.165) is 43.4 Å². The van der Waals surface area contributed by atoms with Gasteiger partial charge in [-0.25, -0.2) is 4.79 Å². The van der Waals surface area contributed by atoms with Crippen LogP contribution in [-0.4, -0.2) is 27.7 Å². The number of hydrogen-bond donors (Lipinski definition) is 2. The number of unbranched alkanes of at least 4 members (excludes halogenated alkanes) is 2. The molecular formula is C21H31ClO3S. The van der Waals surface area contributed by atoms with E-state index in [4.69, 9.17) is 16.7 Å². The Kier molecular flexibility index (Phi) is 9.17. The number of carbonyl (C=O) groups is 1. The largest absolute Gasteiger partial charge is 0.477 e. The van der Waals surface area contributed by atoms with Gasteiger partial charge in [0.15, 0.2) is 0 Å². The minimum absolute atomic E-state index is 0.0528. The highest BCUT2D eigenvalue weighted by Gasteiger charge is 2.40. The molecule has 1 saturated carbocycles. The van der Waals surface area contributed by atoms with Gasteiger partial charge in [0, 0.05) is 10.3 Å². The smallest absolute Gasteiger partial charge is 0.345 e. The summed E-state index contributed by atoms with van der Waals surface area (Å²) >= 11 is 7.88. The predicted molar refractivity (Wildman–Crippen MR) is 109 cm³/mol. The second kappa shape index (κ2) is 11.1. The molecule has 0 aromatic carbocycles. The fourth-order valence-electron chi connectivity index (χ4n) is 3.92. The van der Waals surface area contributed by atoms with Crippen LogP contribution in [-0.2, 0) is 6.42 Å². The van der Waals surface area contributed by atoms with Gasteiger partial charge in [0.2, 0.25) is 0 Å². The molecule has 5 heteroatoms. The fourth-order valence-corrected chi connectivity index (χ4v) is 5.30. The van der Waals surface area contributed by atoms with Gasteiger partial charge in [-0.15, -0.1) is 22.9 Å². The van der Waals surface area contributed by atoms with Gasteiger partial charge < -0.3 is 10.2 Å². The van der Waals surface area contributed by atoms with E-state index in [1.807, 2.05) is 6.07 Å². The zero-order valence-electron chi connectivity index (χ0n) is 15.6. The predicted octanol–water partition coefficient (Wildman–Crippen LogP) is 5.90. The number of halogens is 1. The first-order chi connectivity index (χ1) is 12.5. The molecule has 26 heavy (non-hydrogen) atoms. The number of allylic oxidation sites excluding steroid dienone is 2. The monoisotopic (exact) mass is 398 g/mol. The lowest BCUT2D eigenvalue weighted by molar-refractivity contribution is 0.0702. The van der Waals surface area contributed by atoms with E-state index in [-0.39, 0.29) is 17.4 Å². The van der Waals surface area contributed by atoms with Crippen molar-refractivity contribution in [3.8, 4) is 0 Å². The van der Waals surface area contributed by atoms with Gasteiger partial charge in [0.25, 0.3) is 0 Å². The van der Waals surface area contributed by atoms with Crippen LogP contribution in [0, 0.1) is 11.8 Å². The highest BCUT2D eigenvalue weighted by Crippen LogP contribution is 2.41. The molecule has 1 aromatic rings. The number of rotatable bonds is 11. The summed E-state index contributed by atoms with van der Waals surface area (Å²) in [5, 5.41) is 19.4. The van der Waals surface area contributed by atoms with Gasteiger partial charge in [-0.1, -0.05) is 31.9 Å². The molecule has 0 bridgehead atoms. The molecule has 1 aliphatic carbocycles. The molecule has 1 heterocycles. The van der Waals surface area contributed by atoms with Crippen molar-refractivity contribution in [2.24, 2.45) is 11.8 Å². The van der Waals surface area contributed by atoms with Crippen molar-refractivity contribution in [1.29, 1.82) is 0 Å². The van der Waals surface area contributed by atoms with Crippen LogP contribution in [0.25, 0.3) is 0 Å². The first-order valence-corrected chi connectivity index (χ1v) is 11.1. The number of hydrogen-bond acceptors (Lipinski definition) is 3. The standard InChI is InChI=1S/C21H31ClO3S/c1-2-3-4-5-6-7-10-17-16(18(22)14-19(17)23)11-8-9-15-12-13-20(26-15)21(24)25/h5-6,12-13,16-19,23H,2-4,7-11,14H2,1H3,(H,24,25)/b6-5+/t16-,17-,18+,19-/m1/s1. The van der Waals surface area contributed by atoms with Gasteiger partial charge >= 0.3 is 5.97 Å². The molecule has 0 radical (unpaired) electrons. The Bertz CT molecular complexity index is 584. The van der Waals surface area contributed by atoms with Crippen molar-refractivity contribution in [2.75, 3.05) is 0 Å². The van der Waals surface area contributed by atoms with Gasteiger partial charge in [-0.2, -0.15) is 0 Å². The zero-order chi connectivity index (χ0) is 18.9. The molecule has 1 aliphatic rings. The maximum atomic E-state index is 11.0. The molecule has 2 N–H and O–H groups in total. The first-order valence-electron chi connectivity index (χ1n) is 9.82. The number of aliphatic hydroxyl groups is 1. The molecule has 2 rings (SSSR count). The minimum Gasteiger partial charge on any atom is -0.477 e. The third-order valence-corrected chi connectivity index (χ3v) is 7.00.